The second-order valence-corrected chi connectivity index (χ2v) is 8.54. The Balaban J connectivity index is 1.36. The third kappa shape index (κ3) is 2.55. The van der Waals surface area contributed by atoms with E-state index < -0.39 is 0 Å². The summed E-state index contributed by atoms with van der Waals surface area (Å²) in [5.74, 6) is 2.31. The highest BCUT2D eigenvalue weighted by Crippen LogP contribution is 2.41. The fraction of sp³-hybridized carbons (Fsp3) is 0.455. The summed E-state index contributed by atoms with van der Waals surface area (Å²) in [7, 11) is 0. The lowest BCUT2D eigenvalue weighted by atomic mass is 10.0. The topological polar surface area (TPSA) is 66.1 Å². The molecule has 0 spiro atoms. The largest absolute Gasteiger partial charge is 0.381 e. The predicted octanol–water partition coefficient (Wildman–Crippen LogP) is 2.92. The summed E-state index contributed by atoms with van der Waals surface area (Å²) in [6.07, 6.45) is 2.74. The van der Waals surface area contributed by atoms with Gasteiger partial charge >= 0.3 is 0 Å². The molecule has 2 saturated heterocycles. The first-order valence-corrected chi connectivity index (χ1v) is 10.2. The fourth-order valence-electron chi connectivity index (χ4n) is 5.42. The van der Waals surface area contributed by atoms with Crippen LogP contribution in [0.2, 0.25) is 0 Å². The van der Waals surface area contributed by atoms with Crippen LogP contribution < -0.4 is 5.32 Å². The van der Waals surface area contributed by atoms with Gasteiger partial charge in [0, 0.05) is 36.7 Å². The zero-order valence-corrected chi connectivity index (χ0v) is 16.1. The number of anilines is 1. The van der Waals surface area contributed by atoms with E-state index in [-0.39, 0.29) is 6.04 Å². The van der Waals surface area contributed by atoms with E-state index in [0.29, 0.717) is 17.9 Å². The number of nitrogens with zero attached hydrogens (tertiary/aromatic N) is 3. The Bertz CT molecular complexity index is 1020. The van der Waals surface area contributed by atoms with E-state index in [2.05, 4.69) is 62.4 Å². The van der Waals surface area contributed by atoms with Gasteiger partial charge in [0.25, 0.3) is 0 Å². The van der Waals surface area contributed by atoms with E-state index in [1.807, 2.05) is 0 Å². The van der Waals surface area contributed by atoms with Crippen LogP contribution in [0.25, 0.3) is 11.0 Å². The third-order valence-corrected chi connectivity index (χ3v) is 6.79. The van der Waals surface area contributed by atoms with E-state index in [0.717, 1.165) is 55.3 Å². The number of ether oxygens (including phenoxy) is 1. The molecule has 3 aromatic rings. The molecule has 3 aliphatic rings. The molecule has 1 aromatic carbocycles. The fourth-order valence-corrected chi connectivity index (χ4v) is 5.42. The average molecular weight is 375 g/mol. The van der Waals surface area contributed by atoms with Crippen LogP contribution in [0.4, 0.5) is 5.82 Å². The van der Waals surface area contributed by atoms with Gasteiger partial charge in [0.15, 0.2) is 0 Å². The summed E-state index contributed by atoms with van der Waals surface area (Å²) in [5, 5.41) is 4.87. The van der Waals surface area contributed by atoms with E-state index in [1.165, 1.54) is 11.1 Å². The van der Waals surface area contributed by atoms with Gasteiger partial charge in [-0.05, 0) is 30.5 Å². The van der Waals surface area contributed by atoms with Crippen molar-refractivity contribution in [3.8, 4) is 0 Å². The van der Waals surface area contributed by atoms with Gasteiger partial charge in [0.1, 0.15) is 17.8 Å². The quantitative estimate of drug-likeness (QED) is 0.737. The monoisotopic (exact) mass is 375 g/mol. The van der Waals surface area contributed by atoms with Crippen LogP contribution >= 0.6 is 0 Å². The second kappa shape index (κ2) is 6.29. The molecule has 2 aromatic heterocycles. The van der Waals surface area contributed by atoms with Crippen molar-refractivity contribution in [1.82, 2.24) is 19.9 Å². The Morgan fingerprint density at radius 2 is 1.96 bits per heavy atom. The van der Waals surface area contributed by atoms with Crippen LogP contribution in [0.3, 0.4) is 0 Å². The number of hydrogen-bond donors (Lipinski definition) is 2. The zero-order valence-electron chi connectivity index (χ0n) is 16.1. The first-order valence-electron chi connectivity index (χ1n) is 10.2. The summed E-state index contributed by atoms with van der Waals surface area (Å²) in [6, 6.07) is 11.7. The molecule has 0 amide bonds. The Morgan fingerprint density at radius 1 is 1.14 bits per heavy atom. The van der Waals surface area contributed by atoms with Gasteiger partial charge in [-0.1, -0.05) is 24.3 Å². The highest BCUT2D eigenvalue weighted by molar-refractivity contribution is 5.87. The van der Waals surface area contributed by atoms with Gasteiger partial charge in [0.05, 0.1) is 24.6 Å². The lowest BCUT2D eigenvalue weighted by Crippen LogP contribution is -2.40. The predicted molar refractivity (Wildman–Crippen MR) is 108 cm³/mol. The second-order valence-electron chi connectivity index (χ2n) is 8.54. The van der Waals surface area contributed by atoms with Gasteiger partial charge < -0.3 is 15.0 Å². The molecule has 2 N–H and O–H groups in total. The Hall–Kier alpha value is -2.44. The molecular formula is C22H25N5O. The van der Waals surface area contributed by atoms with Crippen LogP contribution in [-0.2, 0) is 11.2 Å². The molecule has 4 atom stereocenters. The molecule has 1 aliphatic carbocycles. The molecule has 0 radical (unpaired) electrons. The minimum atomic E-state index is 0.240. The van der Waals surface area contributed by atoms with Gasteiger partial charge in [-0.3, -0.25) is 4.90 Å². The maximum Gasteiger partial charge on any atom is 0.143 e. The molecule has 0 bridgehead atoms. The van der Waals surface area contributed by atoms with Crippen LogP contribution in [0.15, 0.2) is 36.7 Å². The first kappa shape index (κ1) is 16.5. The van der Waals surface area contributed by atoms with E-state index in [1.54, 1.807) is 6.33 Å². The number of rotatable bonds is 3. The minimum absolute atomic E-state index is 0.240. The number of fused-ring (bicyclic) bond motifs is 3. The number of benzene rings is 1. The highest BCUT2D eigenvalue weighted by atomic mass is 16.5. The van der Waals surface area contributed by atoms with E-state index in [9.17, 15) is 0 Å². The molecule has 4 heterocycles. The molecule has 2 fully saturated rings. The number of aromatic amines is 1. The van der Waals surface area contributed by atoms with E-state index in [4.69, 9.17) is 4.74 Å². The molecule has 6 heteroatoms. The summed E-state index contributed by atoms with van der Waals surface area (Å²) in [6.45, 7) is 6.19. The number of nitrogens with one attached hydrogen (secondary N) is 2. The van der Waals surface area contributed by atoms with Gasteiger partial charge in [-0.2, -0.15) is 0 Å². The highest BCUT2D eigenvalue weighted by Gasteiger charge is 2.44. The maximum absolute atomic E-state index is 5.69. The van der Waals surface area contributed by atoms with Gasteiger partial charge in [-0.25, -0.2) is 9.97 Å². The number of aromatic nitrogens is 3. The van der Waals surface area contributed by atoms with Crippen molar-refractivity contribution in [3.63, 3.8) is 0 Å². The number of aryl methyl sites for hydroxylation is 1. The number of H-pyrrole nitrogens is 1. The average Bonchev–Trinajstić information content (AvgIpc) is 3.43. The summed E-state index contributed by atoms with van der Waals surface area (Å²) in [5.41, 5.74) is 4.86. The lowest BCUT2D eigenvalue weighted by molar-refractivity contribution is 0.136. The zero-order chi connectivity index (χ0) is 18.7. The molecule has 0 saturated carbocycles. The standard InChI is InChI=1S/C22H25N5O/c1-13-6-18-21(25-13)23-12-24-22(18)26-20-17-5-3-2-4-14(17)7-19(20)27-8-15-10-28-11-16(15)9-27/h2-6,12,15-16,19-20H,7-11H2,1H3,(H2,23,24,25,26). The van der Waals surface area contributed by atoms with Crippen molar-refractivity contribution in [3.05, 3.63) is 53.5 Å². The molecule has 6 nitrogen and oxygen atoms in total. The van der Waals surface area contributed by atoms with Crippen molar-refractivity contribution < 1.29 is 4.74 Å². The Kier molecular flexibility index (Phi) is 3.71. The molecule has 4 unspecified atom stereocenters. The van der Waals surface area contributed by atoms with Crippen LogP contribution in [0, 0.1) is 18.8 Å². The van der Waals surface area contributed by atoms with Crippen LogP contribution in [0.1, 0.15) is 22.9 Å². The van der Waals surface area contributed by atoms with E-state index >= 15 is 0 Å². The summed E-state index contributed by atoms with van der Waals surface area (Å²) < 4.78 is 5.69. The summed E-state index contributed by atoms with van der Waals surface area (Å²) in [4.78, 5) is 15.0. The summed E-state index contributed by atoms with van der Waals surface area (Å²) >= 11 is 0. The number of hydrogen-bond acceptors (Lipinski definition) is 5. The SMILES string of the molecule is Cc1cc2c(NC3c4ccccc4CC3N3CC4COCC4C3)ncnc2[nH]1. The Labute approximate surface area is 164 Å². The van der Waals surface area contributed by atoms with Gasteiger partial charge in [0.2, 0.25) is 0 Å². The van der Waals surface area contributed by atoms with Crippen molar-refractivity contribution in [2.24, 2.45) is 11.8 Å². The minimum Gasteiger partial charge on any atom is -0.381 e. The van der Waals surface area contributed by atoms with Crippen LogP contribution in [0.5, 0.6) is 0 Å². The Morgan fingerprint density at radius 3 is 2.82 bits per heavy atom. The molecule has 2 aliphatic heterocycles. The third-order valence-electron chi connectivity index (χ3n) is 6.79. The number of likely N-dealkylation sites (tertiary alicyclic amines) is 1. The van der Waals surface area contributed by atoms with Crippen molar-refractivity contribution >= 4 is 16.9 Å². The lowest BCUT2D eigenvalue weighted by Gasteiger charge is -2.31. The molecule has 144 valence electrons. The maximum atomic E-state index is 5.69. The smallest absolute Gasteiger partial charge is 0.143 e. The molecular weight excluding hydrogens is 350 g/mol. The van der Waals surface area contributed by atoms with Crippen LogP contribution in [-0.4, -0.2) is 52.2 Å². The van der Waals surface area contributed by atoms with Crippen molar-refractivity contribution in [1.29, 1.82) is 0 Å². The normalized spacial score (nSPS) is 29.3. The molecule has 28 heavy (non-hydrogen) atoms. The molecule has 6 rings (SSSR count). The first-order chi connectivity index (χ1) is 13.8. The van der Waals surface area contributed by atoms with Gasteiger partial charge in [-0.15, -0.1) is 0 Å². The van der Waals surface area contributed by atoms with Crippen molar-refractivity contribution in [2.45, 2.75) is 25.4 Å². The van der Waals surface area contributed by atoms with Crippen molar-refractivity contribution in [2.75, 3.05) is 31.6 Å².